The minimum Gasteiger partial charge on any atom is -0.344 e. The molecule has 7 heteroatoms. The van der Waals surface area contributed by atoms with E-state index >= 15 is 0 Å². The fourth-order valence-electron chi connectivity index (χ4n) is 2.59. The molecule has 0 radical (unpaired) electrons. The lowest BCUT2D eigenvalue weighted by Crippen LogP contribution is -2.35. The Balaban J connectivity index is 1.85. The number of benzene rings is 1. The smallest absolute Gasteiger partial charge is 0.249 e. The van der Waals surface area contributed by atoms with Crippen LogP contribution >= 0.6 is 0 Å². The summed E-state index contributed by atoms with van der Waals surface area (Å²) in [7, 11) is 0. The summed E-state index contributed by atoms with van der Waals surface area (Å²) in [6.45, 7) is 7.98. The molecular formula is C17H21N5O2. The Labute approximate surface area is 140 Å². The van der Waals surface area contributed by atoms with Gasteiger partial charge in [-0.05, 0) is 17.5 Å². The van der Waals surface area contributed by atoms with Crippen LogP contribution in [0, 0.1) is 5.41 Å². The normalized spacial score (nSPS) is 13.2. The van der Waals surface area contributed by atoms with Gasteiger partial charge in [0.25, 0.3) is 0 Å². The van der Waals surface area contributed by atoms with E-state index in [2.05, 4.69) is 20.4 Å². The molecule has 0 saturated heterocycles. The largest absolute Gasteiger partial charge is 0.344 e. The molecule has 3 rings (SSSR count). The Kier molecular flexibility index (Phi) is 4.09. The SMILES string of the molecule is CC(=O)N[C@H](c1nc(Cn2cnc3ccccc32)no1)C(C)(C)C. The lowest BCUT2D eigenvalue weighted by atomic mass is 9.86. The first kappa shape index (κ1) is 16.2. The van der Waals surface area contributed by atoms with Gasteiger partial charge in [0.05, 0.1) is 23.9 Å². The quantitative estimate of drug-likeness (QED) is 0.796. The molecule has 2 aromatic heterocycles. The van der Waals surface area contributed by atoms with Gasteiger partial charge in [0.15, 0.2) is 5.82 Å². The molecule has 1 atom stereocenters. The fraction of sp³-hybridized carbons (Fsp3) is 0.412. The van der Waals surface area contributed by atoms with Crippen LogP contribution in [0.25, 0.3) is 11.0 Å². The van der Waals surface area contributed by atoms with Crippen molar-refractivity contribution in [1.29, 1.82) is 0 Å². The first-order chi connectivity index (χ1) is 11.3. The fourth-order valence-corrected chi connectivity index (χ4v) is 2.59. The van der Waals surface area contributed by atoms with E-state index in [1.165, 1.54) is 6.92 Å². The number of carbonyl (C=O) groups excluding carboxylic acids is 1. The summed E-state index contributed by atoms with van der Waals surface area (Å²) in [5, 5.41) is 6.94. The van der Waals surface area contributed by atoms with E-state index in [9.17, 15) is 4.79 Å². The second-order valence-electron chi connectivity index (χ2n) is 6.91. The summed E-state index contributed by atoms with van der Waals surface area (Å²) in [4.78, 5) is 20.3. The predicted molar refractivity (Wildman–Crippen MR) is 89.1 cm³/mol. The van der Waals surface area contributed by atoms with Crippen molar-refractivity contribution in [3.8, 4) is 0 Å². The molecule has 0 spiro atoms. The molecule has 1 aromatic carbocycles. The van der Waals surface area contributed by atoms with Crippen LogP contribution in [0.4, 0.5) is 0 Å². The molecule has 2 heterocycles. The summed E-state index contributed by atoms with van der Waals surface area (Å²) in [5.41, 5.74) is 1.70. The molecule has 1 amide bonds. The second-order valence-corrected chi connectivity index (χ2v) is 6.91. The molecule has 7 nitrogen and oxygen atoms in total. The third-order valence-electron chi connectivity index (χ3n) is 3.78. The zero-order valence-corrected chi connectivity index (χ0v) is 14.3. The zero-order valence-electron chi connectivity index (χ0n) is 14.3. The molecule has 24 heavy (non-hydrogen) atoms. The number of para-hydroxylation sites is 2. The van der Waals surface area contributed by atoms with Gasteiger partial charge in [-0.3, -0.25) is 4.79 Å². The van der Waals surface area contributed by atoms with Crippen LogP contribution < -0.4 is 5.32 Å². The van der Waals surface area contributed by atoms with E-state index < -0.39 is 0 Å². The lowest BCUT2D eigenvalue weighted by Gasteiger charge is -2.27. The number of hydrogen-bond donors (Lipinski definition) is 1. The number of nitrogens with zero attached hydrogens (tertiary/aromatic N) is 4. The number of nitrogens with one attached hydrogen (secondary N) is 1. The number of aromatic nitrogens is 4. The van der Waals surface area contributed by atoms with Crippen LogP contribution in [0.3, 0.4) is 0 Å². The number of fused-ring (bicyclic) bond motifs is 1. The van der Waals surface area contributed by atoms with Crippen LogP contribution in [0.2, 0.25) is 0 Å². The summed E-state index contributed by atoms with van der Waals surface area (Å²) < 4.78 is 7.37. The number of hydrogen-bond acceptors (Lipinski definition) is 5. The van der Waals surface area contributed by atoms with E-state index in [0.717, 1.165) is 11.0 Å². The van der Waals surface area contributed by atoms with Crippen LogP contribution in [-0.2, 0) is 11.3 Å². The van der Waals surface area contributed by atoms with Gasteiger partial charge in [-0.2, -0.15) is 4.98 Å². The number of carbonyl (C=O) groups is 1. The van der Waals surface area contributed by atoms with E-state index in [0.29, 0.717) is 18.3 Å². The van der Waals surface area contributed by atoms with Crippen molar-refractivity contribution in [2.45, 2.75) is 40.3 Å². The maximum Gasteiger partial charge on any atom is 0.249 e. The lowest BCUT2D eigenvalue weighted by molar-refractivity contribution is -0.120. The van der Waals surface area contributed by atoms with Crippen LogP contribution in [0.5, 0.6) is 0 Å². The number of amides is 1. The van der Waals surface area contributed by atoms with E-state index in [1.807, 2.05) is 49.6 Å². The Morgan fingerprint density at radius 2 is 2.08 bits per heavy atom. The molecule has 0 aliphatic rings. The maximum absolute atomic E-state index is 11.5. The summed E-state index contributed by atoms with van der Waals surface area (Å²) in [5.74, 6) is 0.833. The average Bonchev–Trinajstić information content (AvgIpc) is 3.12. The Bertz CT molecular complexity index is 859. The molecule has 0 fully saturated rings. The molecular weight excluding hydrogens is 306 g/mol. The van der Waals surface area contributed by atoms with E-state index in [4.69, 9.17) is 4.52 Å². The van der Waals surface area contributed by atoms with Crippen LogP contribution in [0.1, 0.15) is 45.5 Å². The molecule has 0 aliphatic heterocycles. The highest BCUT2D eigenvalue weighted by Crippen LogP contribution is 2.31. The third kappa shape index (κ3) is 3.29. The van der Waals surface area contributed by atoms with Crippen LogP contribution in [-0.4, -0.2) is 25.6 Å². The summed E-state index contributed by atoms with van der Waals surface area (Å²) >= 11 is 0. The van der Waals surface area contributed by atoms with E-state index in [-0.39, 0.29) is 17.4 Å². The van der Waals surface area contributed by atoms with Crippen molar-refractivity contribution in [1.82, 2.24) is 25.0 Å². The monoisotopic (exact) mass is 327 g/mol. The number of rotatable bonds is 4. The molecule has 3 aromatic rings. The molecule has 0 saturated carbocycles. The summed E-state index contributed by atoms with van der Waals surface area (Å²) in [6.07, 6.45) is 1.76. The average molecular weight is 327 g/mol. The van der Waals surface area contributed by atoms with Gasteiger partial charge in [0.1, 0.15) is 6.04 Å². The van der Waals surface area contributed by atoms with Crippen molar-refractivity contribution in [2.24, 2.45) is 5.41 Å². The zero-order chi connectivity index (χ0) is 17.3. The minimum absolute atomic E-state index is 0.129. The first-order valence-electron chi connectivity index (χ1n) is 7.84. The van der Waals surface area contributed by atoms with Crippen molar-refractivity contribution < 1.29 is 9.32 Å². The molecule has 0 aliphatic carbocycles. The van der Waals surface area contributed by atoms with Crippen molar-refractivity contribution in [2.75, 3.05) is 0 Å². The standard InChI is InChI=1S/C17H21N5O2/c1-11(23)19-15(17(2,3)4)16-20-14(21-24-16)9-22-10-18-12-7-5-6-8-13(12)22/h5-8,10,15H,9H2,1-4H3,(H,19,23)/t15-/m1/s1. The third-order valence-corrected chi connectivity index (χ3v) is 3.78. The maximum atomic E-state index is 11.5. The van der Waals surface area contributed by atoms with E-state index in [1.54, 1.807) is 6.33 Å². The highest BCUT2D eigenvalue weighted by molar-refractivity contribution is 5.75. The molecule has 0 unspecified atom stereocenters. The Morgan fingerprint density at radius 1 is 1.33 bits per heavy atom. The molecule has 0 bridgehead atoms. The Hall–Kier alpha value is -2.70. The Morgan fingerprint density at radius 3 is 2.79 bits per heavy atom. The van der Waals surface area contributed by atoms with Crippen molar-refractivity contribution in [3.63, 3.8) is 0 Å². The van der Waals surface area contributed by atoms with Gasteiger partial charge in [-0.25, -0.2) is 4.98 Å². The van der Waals surface area contributed by atoms with Gasteiger partial charge in [-0.15, -0.1) is 0 Å². The number of imidazole rings is 1. The predicted octanol–water partition coefficient (Wildman–Crippen LogP) is 2.69. The highest BCUT2D eigenvalue weighted by atomic mass is 16.5. The van der Waals surface area contributed by atoms with Gasteiger partial charge >= 0.3 is 0 Å². The highest BCUT2D eigenvalue weighted by Gasteiger charge is 2.32. The van der Waals surface area contributed by atoms with Crippen molar-refractivity contribution in [3.05, 3.63) is 42.3 Å². The molecule has 1 N–H and O–H groups in total. The van der Waals surface area contributed by atoms with Crippen molar-refractivity contribution >= 4 is 16.9 Å². The minimum atomic E-state index is -0.337. The molecule has 126 valence electrons. The summed E-state index contributed by atoms with van der Waals surface area (Å²) in [6, 6.07) is 7.54. The second kappa shape index (κ2) is 6.07. The van der Waals surface area contributed by atoms with Gasteiger partial charge in [-0.1, -0.05) is 38.1 Å². The topological polar surface area (TPSA) is 85.8 Å². The van der Waals surface area contributed by atoms with Gasteiger partial charge in [0.2, 0.25) is 11.8 Å². The van der Waals surface area contributed by atoms with Crippen LogP contribution in [0.15, 0.2) is 35.1 Å². The first-order valence-corrected chi connectivity index (χ1v) is 7.84. The van der Waals surface area contributed by atoms with Gasteiger partial charge in [0, 0.05) is 6.92 Å². The van der Waals surface area contributed by atoms with Gasteiger partial charge < -0.3 is 14.4 Å².